The average Bonchev–Trinajstić information content (AvgIpc) is 3.05. The highest BCUT2D eigenvalue weighted by molar-refractivity contribution is 5.84. The van der Waals surface area contributed by atoms with Gasteiger partial charge in [0.15, 0.2) is 0 Å². The van der Waals surface area contributed by atoms with Gasteiger partial charge < -0.3 is 18.9 Å². The molecule has 0 amide bonds. The third kappa shape index (κ3) is 13.7. The van der Waals surface area contributed by atoms with E-state index in [2.05, 4.69) is 15.0 Å². The van der Waals surface area contributed by atoms with Gasteiger partial charge in [0.2, 0.25) is 6.29 Å². The molecule has 0 saturated carbocycles. The molecule has 3 unspecified atom stereocenters. The van der Waals surface area contributed by atoms with Gasteiger partial charge >= 0.3 is 6.18 Å². The summed E-state index contributed by atoms with van der Waals surface area (Å²) in [5, 5.41) is 3.56. The van der Waals surface area contributed by atoms with Crippen LogP contribution in [0.25, 0.3) is 10.4 Å². The van der Waals surface area contributed by atoms with Crippen molar-refractivity contribution in [2.24, 2.45) is 21.9 Å². The van der Waals surface area contributed by atoms with Crippen molar-refractivity contribution >= 4 is 11.6 Å². The first-order valence-electron chi connectivity index (χ1n) is 16.6. The predicted molar refractivity (Wildman–Crippen MR) is 174 cm³/mol. The lowest BCUT2D eigenvalue weighted by Gasteiger charge is -2.44. The van der Waals surface area contributed by atoms with Crippen molar-refractivity contribution in [3.63, 3.8) is 0 Å². The van der Waals surface area contributed by atoms with Crippen molar-refractivity contribution in [3.05, 3.63) is 76.7 Å². The molecular formula is C35H49F3N4O4. The molecule has 1 saturated heterocycles. The molecule has 1 heterocycles. The van der Waals surface area contributed by atoms with E-state index in [1.807, 2.05) is 44.2 Å². The van der Waals surface area contributed by atoms with Crippen LogP contribution in [0.5, 0.6) is 0 Å². The van der Waals surface area contributed by atoms with Gasteiger partial charge in [-0.1, -0.05) is 119 Å². The molecule has 1 aliphatic rings. The van der Waals surface area contributed by atoms with Gasteiger partial charge in [0, 0.05) is 18.1 Å². The van der Waals surface area contributed by atoms with E-state index in [1.165, 1.54) is 44.2 Å². The molecule has 254 valence electrons. The molecule has 0 radical (unpaired) electrons. The van der Waals surface area contributed by atoms with Crippen LogP contribution in [0.15, 0.2) is 70.8 Å². The number of para-hydroxylation sites is 1. The van der Waals surface area contributed by atoms with Gasteiger partial charge in [0.25, 0.3) is 5.90 Å². The SMILES string of the molecule is C[C@@H]1C(COCCCCCCCCCCCCN=[N+]=[N-])OC(O/C(=N/c2ccccc2)C(F)(F)F)C(OCc2ccccc2)[C@H]1C. The number of alkyl halides is 3. The first kappa shape index (κ1) is 37.3. The lowest BCUT2D eigenvalue weighted by atomic mass is 9.83. The molecule has 1 aliphatic heterocycles. The van der Waals surface area contributed by atoms with Crippen LogP contribution in [0.3, 0.4) is 0 Å². The molecular weight excluding hydrogens is 597 g/mol. The Morgan fingerprint density at radius 2 is 1.41 bits per heavy atom. The number of azide groups is 1. The van der Waals surface area contributed by atoms with E-state index in [4.69, 9.17) is 24.5 Å². The van der Waals surface area contributed by atoms with Crippen LogP contribution in [0.4, 0.5) is 18.9 Å². The van der Waals surface area contributed by atoms with Crippen LogP contribution in [-0.4, -0.2) is 50.3 Å². The van der Waals surface area contributed by atoms with Crippen molar-refractivity contribution in [1.29, 1.82) is 0 Å². The zero-order chi connectivity index (χ0) is 33.0. The second-order valence-electron chi connectivity index (χ2n) is 12.0. The Kier molecular flexibility index (Phi) is 17.0. The number of rotatable bonds is 20. The summed E-state index contributed by atoms with van der Waals surface area (Å²) in [6.45, 7) is 5.59. The van der Waals surface area contributed by atoms with Crippen molar-refractivity contribution in [2.75, 3.05) is 19.8 Å². The number of aliphatic imine (C=N–C) groups is 1. The van der Waals surface area contributed by atoms with E-state index in [-0.39, 0.29) is 30.7 Å². The third-order valence-corrected chi connectivity index (χ3v) is 8.40. The first-order valence-corrected chi connectivity index (χ1v) is 16.6. The number of unbranched alkanes of at least 4 members (excludes halogenated alkanes) is 9. The van der Waals surface area contributed by atoms with Crippen LogP contribution in [0.1, 0.15) is 83.6 Å². The van der Waals surface area contributed by atoms with Gasteiger partial charge in [-0.15, -0.1) is 0 Å². The molecule has 0 aromatic heterocycles. The summed E-state index contributed by atoms with van der Waals surface area (Å²) < 4.78 is 66.2. The molecule has 8 nitrogen and oxygen atoms in total. The van der Waals surface area contributed by atoms with Gasteiger partial charge in [0.1, 0.15) is 6.10 Å². The smallest absolute Gasteiger partial charge is 0.441 e. The average molecular weight is 647 g/mol. The molecule has 0 bridgehead atoms. The van der Waals surface area contributed by atoms with Crippen LogP contribution < -0.4 is 0 Å². The normalized spacial score (nSPS) is 21.9. The quantitative estimate of drug-likeness (QED) is 0.0357. The van der Waals surface area contributed by atoms with Gasteiger partial charge in [0.05, 0.1) is 25.0 Å². The number of hydrogen-bond donors (Lipinski definition) is 0. The molecule has 1 fully saturated rings. The van der Waals surface area contributed by atoms with Gasteiger partial charge in [-0.2, -0.15) is 13.2 Å². The van der Waals surface area contributed by atoms with Crippen LogP contribution >= 0.6 is 0 Å². The lowest BCUT2D eigenvalue weighted by molar-refractivity contribution is -0.271. The Morgan fingerprint density at radius 1 is 0.826 bits per heavy atom. The molecule has 3 rings (SSSR count). The maximum Gasteiger partial charge on any atom is 0.468 e. The van der Waals surface area contributed by atoms with E-state index < -0.39 is 30.6 Å². The standard InChI is InChI=1S/C35H49F3N4O4/c1-27-28(2)32(44-25-29-19-13-11-14-20-29)33(46-34(35(36,37)38)41-30-21-15-12-16-22-30)45-31(27)26-43-24-18-10-8-6-4-3-5-7-9-17-23-40-42-39/h11-16,19-22,27-28,31-33H,3-10,17-18,23-26H2,1-2H3/b41-34+/t27-,28-,31?,32?,33?/m0/s1. The van der Waals surface area contributed by atoms with Gasteiger partial charge in [-0.25, -0.2) is 4.99 Å². The number of halogens is 3. The summed E-state index contributed by atoms with van der Waals surface area (Å²) in [4.78, 5) is 6.55. The Morgan fingerprint density at radius 3 is 2.02 bits per heavy atom. The zero-order valence-corrected chi connectivity index (χ0v) is 27.1. The zero-order valence-electron chi connectivity index (χ0n) is 27.1. The summed E-state index contributed by atoms with van der Waals surface area (Å²) in [5.74, 6) is -1.59. The second-order valence-corrected chi connectivity index (χ2v) is 12.0. The molecule has 0 spiro atoms. The summed E-state index contributed by atoms with van der Waals surface area (Å²) >= 11 is 0. The topological polar surface area (TPSA) is 98.0 Å². The van der Waals surface area contributed by atoms with Gasteiger partial charge in [-0.3, -0.25) is 0 Å². The highest BCUT2D eigenvalue weighted by Crippen LogP contribution is 2.36. The van der Waals surface area contributed by atoms with Crippen LogP contribution in [0, 0.1) is 11.8 Å². The predicted octanol–water partition coefficient (Wildman–Crippen LogP) is 10.1. The minimum Gasteiger partial charge on any atom is -0.441 e. The lowest BCUT2D eigenvalue weighted by Crippen LogP contribution is -2.54. The fourth-order valence-electron chi connectivity index (χ4n) is 5.47. The molecule has 2 aromatic rings. The number of benzene rings is 2. The number of ether oxygens (including phenoxy) is 4. The maximum atomic E-state index is 14.1. The van der Waals surface area contributed by atoms with E-state index in [0.717, 1.165) is 37.7 Å². The monoisotopic (exact) mass is 646 g/mol. The van der Waals surface area contributed by atoms with Crippen molar-refractivity contribution < 1.29 is 32.1 Å². The summed E-state index contributed by atoms with van der Waals surface area (Å²) in [5.41, 5.74) is 9.33. The molecule has 0 N–H and O–H groups in total. The minimum absolute atomic E-state index is 0.0416. The Bertz CT molecular complexity index is 1180. The Hall–Kier alpha value is -3.11. The van der Waals surface area contributed by atoms with Crippen molar-refractivity contribution in [1.82, 2.24) is 0 Å². The fourth-order valence-corrected chi connectivity index (χ4v) is 5.47. The molecule has 5 atom stereocenters. The molecule has 2 aromatic carbocycles. The largest absolute Gasteiger partial charge is 0.468 e. The third-order valence-electron chi connectivity index (χ3n) is 8.40. The van der Waals surface area contributed by atoms with Crippen molar-refractivity contribution in [2.45, 2.75) is 109 Å². The Labute approximate surface area is 271 Å². The summed E-state index contributed by atoms with van der Waals surface area (Å²) in [6, 6.07) is 17.4. The van der Waals surface area contributed by atoms with Crippen molar-refractivity contribution in [3.8, 4) is 0 Å². The molecule has 11 heteroatoms. The Balaban J connectivity index is 1.50. The minimum atomic E-state index is -4.82. The highest BCUT2D eigenvalue weighted by Gasteiger charge is 2.48. The van der Waals surface area contributed by atoms with E-state index in [1.54, 1.807) is 18.2 Å². The van der Waals surface area contributed by atoms with E-state index >= 15 is 0 Å². The maximum absolute atomic E-state index is 14.1. The molecule has 46 heavy (non-hydrogen) atoms. The summed E-state index contributed by atoms with van der Waals surface area (Å²) in [6.07, 6.45) is 3.84. The fraction of sp³-hybridized carbons (Fsp3) is 0.629. The number of hydrogen-bond acceptors (Lipinski definition) is 6. The second kappa shape index (κ2) is 20.9. The molecule has 0 aliphatic carbocycles. The first-order chi connectivity index (χ1) is 22.3. The summed E-state index contributed by atoms with van der Waals surface area (Å²) in [7, 11) is 0. The van der Waals surface area contributed by atoms with Crippen LogP contribution in [-0.2, 0) is 25.6 Å². The van der Waals surface area contributed by atoms with Crippen LogP contribution in [0.2, 0.25) is 0 Å². The number of nitrogens with zero attached hydrogens (tertiary/aromatic N) is 4. The highest BCUT2D eigenvalue weighted by atomic mass is 19.4. The van der Waals surface area contributed by atoms with E-state index in [9.17, 15) is 13.2 Å². The van der Waals surface area contributed by atoms with Gasteiger partial charge in [-0.05, 0) is 47.9 Å². The van der Waals surface area contributed by atoms with E-state index in [0.29, 0.717) is 13.2 Å².